The third-order valence-corrected chi connectivity index (χ3v) is 7.07. The van der Waals surface area contributed by atoms with Crippen LogP contribution in [0, 0.1) is 12.3 Å². The van der Waals surface area contributed by atoms with E-state index in [0.717, 1.165) is 18.4 Å². The first-order chi connectivity index (χ1) is 8.99. The van der Waals surface area contributed by atoms with Gasteiger partial charge < -0.3 is 4.74 Å². The third-order valence-electron chi connectivity index (χ3n) is 3.76. The zero-order valence-electron chi connectivity index (χ0n) is 11.1. The minimum Gasteiger partial charge on any atom is -0.381 e. The van der Waals surface area contributed by atoms with Gasteiger partial charge in [-0.15, -0.1) is 0 Å². The average molecular weight is 347 g/mol. The van der Waals surface area contributed by atoms with E-state index in [-0.39, 0.29) is 11.2 Å². The molecule has 1 aromatic carbocycles. The van der Waals surface area contributed by atoms with Crippen molar-refractivity contribution in [3.05, 3.63) is 29.8 Å². The lowest BCUT2D eigenvalue weighted by molar-refractivity contribution is 0.0367. The lowest BCUT2D eigenvalue weighted by Crippen LogP contribution is -2.37. The molecule has 0 radical (unpaired) electrons. The lowest BCUT2D eigenvalue weighted by atomic mass is 9.85. The Balaban J connectivity index is 2.28. The van der Waals surface area contributed by atoms with Crippen LogP contribution >= 0.6 is 15.9 Å². The molecular formula is C14H19BrO3S. The van der Waals surface area contributed by atoms with Gasteiger partial charge in [-0.1, -0.05) is 34.1 Å². The van der Waals surface area contributed by atoms with E-state index in [2.05, 4.69) is 15.9 Å². The fraction of sp³-hybridized carbons (Fsp3) is 0.571. The predicted octanol–water partition coefficient (Wildman–Crippen LogP) is 2.96. The molecule has 5 heteroatoms. The first-order valence-electron chi connectivity index (χ1n) is 6.41. The Morgan fingerprint density at radius 3 is 2.47 bits per heavy atom. The van der Waals surface area contributed by atoms with Gasteiger partial charge in [0.1, 0.15) is 0 Å². The molecule has 0 unspecified atom stereocenters. The highest BCUT2D eigenvalue weighted by atomic mass is 79.9. The van der Waals surface area contributed by atoms with Gasteiger partial charge in [0.15, 0.2) is 9.84 Å². The van der Waals surface area contributed by atoms with Gasteiger partial charge in [0.25, 0.3) is 0 Å². The summed E-state index contributed by atoms with van der Waals surface area (Å²) in [6, 6.07) is 7.19. The van der Waals surface area contributed by atoms with Crippen LogP contribution in [0.4, 0.5) is 0 Å². The van der Waals surface area contributed by atoms with E-state index in [1.54, 1.807) is 12.1 Å². The number of hydrogen-bond acceptors (Lipinski definition) is 3. The molecule has 2 rings (SSSR count). The number of rotatable bonds is 4. The SMILES string of the molecule is Cc1ccccc1S(=O)(=O)CC1(CBr)CCOCC1. The molecule has 1 saturated heterocycles. The molecule has 0 saturated carbocycles. The first-order valence-corrected chi connectivity index (χ1v) is 9.19. The second kappa shape index (κ2) is 5.94. The van der Waals surface area contributed by atoms with Gasteiger partial charge in [-0.05, 0) is 36.8 Å². The van der Waals surface area contributed by atoms with E-state index in [9.17, 15) is 8.42 Å². The van der Waals surface area contributed by atoms with Crippen molar-refractivity contribution in [3.63, 3.8) is 0 Å². The fourth-order valence-electron chi connectivity index (χ4n) is 2.51. The molecule has 19 heavy (non-hydrogen) atoms. The molecule has 0 aliphatic carbocycles. The second-order valence-electron chi connectivity index (χ2n) is 5.27. The number of halogens is 1. The number of sulfone groups is 1. The van der Waals surface area contributed by atoms with E-state index >= 15 is 0 Å². The monoisotopic (exact) mass is 346 g/mol. The molecule has 0 spiro atoms. The fourth-order valence-corrected chi connectivity index (χ4v) is 5.73. The summed E-state index contributed by atoms with van der Waals surface area (Å²) in [6.45, 7) is 3.14. The predicted molar refractivity (Wildman–Crippen MR) is 79.5 cm³/mol. The van der Waals surface area contributed by atoms with Crippen molar-refractivity contribution < 1.29 is 13.2 Å². The van der Waals surface area contributed by atoms with Gasteiger partial charge in [-0.25, -0.2) is 8.42 Å². The normalized spacial score (nSPS) is 19.3. The highest BCUT2D eigenvalue weighted by Crippen LogP contribution is 2.36. The number of alkyl halides is 1. The lowest BCUT2D eigenvalue weighted by Gasteiger charge is -2.35. The summed E-state index contributed by atoms with van der Waals surface area (Å²) in [6.07, 6.45) is 1.59. The molecule has 106 valence electrons. The zero-order chi connectivity index (χ0) is 13.9. The van der Waals surface area contributed by atoms with Crippen LogP contribution in [0.3, 0.4) is 0 Å². The topological polar surface area (TPSA) is 43.4 Å². The maximum atomic E-state index is 12.6. The molecule has 0 N–H and O–H groups in total. The van der Waals surface area contributed by atoms with Crippen LogP contribution in [0.1, 0.15) is 18.4 Å². The molecule has 0 amide bonds. The largest absolute Gasteiger partial charge is 0.381 e. The summed E-state index contributed by atoms with van der Waals surface area (Å²) in [5.41, 5.74) is 0.624. The van der Waals surface area contributed by atoms with Crippen LogP contribution in [-0.2, 0) is 14.6 Å². The third kappa shape index (κ3) is 3.38. The Hall–Kier alpha value is -0.390. The van der Waals surface area contributed by atoms with E-state index in [0.29, 0.717) is 23.4 Å². The van der Waals surface area contributed by atoms with Crippen molar-refractivity contribution in [3.8, 4) is 0 Å². The van der Waals surface area contributed by atoms with Crippen molar-refractivity contribution in [2.45, 2.75) is 24.7 Å². The number of ether oxygens (including phenoxy) is 1. The van der Waals surface area contributed by atoms with Gasteiger partial charge in [-0.2, -0.15) is 0 Å². The standard InChI is InChI=1S/C14H19BrO3S/c1-12-4-2-3-5-13(12)19(16,17)11-14(10-15)6-8-18-9-7-14/h2-5H,6-11H2,1H3. The maximum Gasteiger partial charge on any atom is 0.179 e. The maximum absolute atomic E-state index is 12.6. The van der Waals surface area contributed by atoms with Crippen molar-refractivity contribution in [1.29, 1.82) is 0 Å². The van der Waals surface area contributed by atoms with Crippen molar-refractivity contribution >= 4 is 25.8 Å². The van der Waals surface area contributed by atoms with Gasteiger partial charge in [0.05, 0.1) is 10.6 Å². The average Bonchev–Trinajstić information content (AvgIpc) is 2.39. The van der Waals surface area contributed by atoms with Crippen molar-refractivity contribution in [2.75, 3.05) is 24.3 Å². The molecule has 0 bridgehead atoms. The number of hydrogen-bond donors (Lipinski definition) is 0. The van der Waals surface area contributed by atoms with E-state index in [1.165, 1.54) is 0 Å². The van der Waals surface area contributed by atoms with Gasteiger partial charge in [0, 0.05) is 18.5 Å². The molecule has 1 aliphatic rings. The Bertz CT molecular complexity index is 533. The molecule has 1 aromatic rings. The van der Waals surface area contributed by atoms with Crippen LogP contribution in [0.15, 0.2) is 29.2 Å². The number of benzene rings is 1. The Labute approximate surface area is 123 Å². The molecule has 1 fully saturated rings. The molecule has 3 nitrogen and oxygen atoms in total. The van der Waals surface area contributed by atoms with Crippen molar-refractivity contribution in [2.24, 2.45) is 5.41 Å². The van der Waals surface area contributed by atoms with Gasteiger partial charge >= 0.3 is 0 Å². The van der Waals surface area contributed by atoms with Crippen LogP contribution < -0.4 is 0 Å². The summed E-state index contributed by atoms with van der Waals surface area (Å²) in [5.74, 6) is 0.194. The van der Waals surface area contributed by atoms with Crippen LogP contribution in [0.25, 0.3) is 0 Å². The Kier molecular flexibility index (Phi) is 4.69. The summed E-state index contributed by atoms with van der Waals surface area (Å²) in [4.78, 5) is 0.460. The van der Waals surface area contributed by atoms with E-state index in [4.69, 9.17) is 4.74 Å². The Morgan fingerprint density at radius 1 is 1.26 bits per heavy atom. The van der Waals surface area contributed by atoms with Crippen molar-refractivity contribution in [1.82, 2.24) is 0 Å². The quantitative estimate of drug-likeness (QED) is 0.787. The molecule has 1 heterocycles. The summed E-state index contributed by atoms with van der Waals surface area (Å²) in [5, 5.41) is 0.703. The van der Waals surface area contributed by atoms with Crippen LogP contribution in [0.2, 0.25) is 0 Å². The molecule has 0 aromatic heterocycles. The highest BCUT2D eigenvalue weighted by molar-refractivity contribution is 9.09. The molecule has 0 atom stereocenters. The second-order valence-corrected chi connectivity index (χ2v) is 7.79. The molecule has 1 aliphatic heterocycles. The number of aryl methyl sites for hydroxylation is 1. The molecular weight excluding hydrogens is 328 g/mol. The summed E-state index contributed by atoms with van der Waals surface area (Å²) in [7, 11) is -3.25. The highest BCUT2D eigenvalue weighted by Gasteiger charge is 2.37. The Morgan fingerprint density at radius 2 is 1.89 bits per heavy atom. The minimum atomic E-state index is -3.25. The van der Waals surface area contributed by atoms with Gasteiger partial charge in [-0.3, -0.25) is 0 Å². The zero-order valence-corrected chi connectivity index (χ0v) is 13.5. The van der Waals surface area contributed by atoms with E-state index < -0.39 is 9.84 Å². The van der Waals surface area contributed by atoms with Gasteiger partial charge in [0.2, 0.25) is 0 Å². The smallest absolute Gasteiger partial charge is 0.179 e. The van der Waals surface area contributed by atoms with Crippen LogP contribution in [-0.4, -0.2) is 32.7 Å². The first kappa shape index (κ1) is 15.0. The summed E-state index contributed by atoms with van der Waals surface area (Å²) >= 11 is 3.49. The summed E-state index contributed by atoms with van der Waals surface area (Å²) < 4.78 is 30.6. The van der Waals surface area contributed by atoms with Crippen LogP contribution in [0.5, 0.6) is 0 Å². The minimum absolute atomic E-state index is 0.194. The van der Waals surface area contributed by atoms with E-state index in [1.807, 2.05) is 19.1 Å².